The summed E-state index contributed by atoms with van der Waals surface area (Å²) in [5, 5.41) is 29.3. The molecule has 0 spiro atoms. The second-order valence-electron chi connectivity index (χ2n) is 6.07. The van der Waals surface area contributed by atoms with Gasteiger partial charge in [-0.2, -0.15) is 0 Å². The third kappa shape index (κ3) is 3.67. The topological polar surface area (TPSA) is 79.2 Å². The van der Waals surface area contributed by atoms with E-state index in [2.05, 4.69) is 13.8 Å². The van der Waals surface area contributed by atoms with Crippen molar-refractivity contribution < 1.29 is 24.8 Å². The quantitative estimate of drug-likeness (QED) is 0.701. The molecule has 0 radical (unpaired) electrons. The van der Waals surface area contributed by atoms with Gasteiger partial charge in [-0.1, -0.05) is 19.9 Å². The van der Waals surface area contributed by atoms with Gasteiger partial charge in [-0.15, -0.1) is 0 Å². The van der Waals surface area contributed by atoms with Crippen molar-refractivity contribution in [2.24, 2.45) is 5.92 Å². The standard InChI is InChI=1S/C19H24O5/c1-11(7-13-5-6-15(20)17(8-13)23-3)12(2)14-9-16(21)19(22)18(10-14)24-4/h5-6,8-12,20-22H,7H2,1-4H3. The van der Waals surface area contributed by atoms with Crippen LogP contribution in [0.4, 0.5) is 0 Å². The van der Waals surface area contributed by atoms with Crippen LogP contribution in [0, 0.1) is 5.92 Å². The lowest BCUT2D eigenvalue weighted by Crippen LogP contribution is -2.10. The maximum absolute atomic E-state index is 9.86. The number of ether oxygens (including phenoxy) is 2. The van der Waals surface area contributed by atoms with Gasteiger partial charge in [-0.05, 0) is 53.6 Å². The minimum Gasteiger partial charge on any atom is -0.504 e. The van der Waals surface area contributed by atoms with E-state index < -0.39 is 0 Å². The van der Waals surface area contributed by atoms with E-state index in [0.29, 0.717) is 5.75 Å². The summed E-state index contributed by atoms with van der Waals surface area (Å²) in [6.07, 6.45) is 0.780. The highest BCUT2D eigenvalue weighted by Gasteiger charge is 2.19. The van der Waals surface area contributed by atoms with E-state index in [9.17, 15) is 15.3 Å². The Kier molecular flexibility index (Phi) is 5.44. The molecule has 0 fully saturated rings. The molecule has 2 atom stereocenters. The molecule has 0 saturated heterocycles. The summed E-state index contributed by atoms with van der Waals surface area (Å²) in [6.45, 7) is 4.17. The molecule has 2 aromatic rings. The number of phenols is 3. The summed E-state index contributed by atoms with van der Waals surface area (Å²) >= 11 is 0. The molecule has 5 nitrogen and oxygen atoms in total. The van der Waals surface area contributed by atoms with Gasteiger partial charge in [0.05, 0.1) is 14.2 Å². The van der Waals surface area contributed by atoms with Gasteiger partial charge in [-0.25, -0.2) is 0 Å². The first kappa shape index (κ1) is 17.8. The average molecular weight is 332 g/mol. The fourth-order valence-corrected chi connectivity index (χ4v) is 2.76. The molecule has 130 valence electrons. The molecule has 2 unspecified atom stereocenters. The summed E-state index contributed by atoms with van der Waals surface area (Å²) < 4.78 is 10.2. The van der Waals surface area contributed by atoms with Gasteiger partial charge >= 0.3 is 0 Å². The molecule has 0 heterocycles. The van der Waals surface area contributed by atoms with Crippen LogP contribution in [0.1, 0.15) is 30.9 Å². The first-order valence-electron chi connectivity index (χ1n) is 7.83. The molecule has 0 saturated carbocycles. The van der Waals surface area contributed by atoms with Crippen molar-refractivity contribution in [2.45, 2.75) is 26.2 Å². The maximum Gasteiger partial charge on any atom is 0.200 e. The van der Waals surface area contributed by atoms with Crippen molar-refractivity contribution in [3.8, 4) is 28.7 Å². The van der Waals surface area contributed by atoms with E-state index in [0.717, 1.165) is 17.5 Å². The number of methoxy groups -OCH3 is 2. The Labute approximate surface area is 142 Å². The number of rotatable bonds is 6. The van der Waals surface area contributed by atoms with Crippen molar-refractivity contribution >= 4 is 0 Å². The van der Waals surface area contributed by atoms with Gasteiger partial charge in [0.25, 0.3) is 0 Å². The second-order valence-corrected chi connectivity index (χ2v) is 6.07. The molecule has 0 bridgehead atoms. The van der Waals surface area contributed by atoms with E-state index in [-0.39, 0.29) is 34.8 Å². The zero-order valence-corrected chi connectivity index (χ0v) is 14.4. The van der Waals surface area contributed by atoms with Crippen molar-refractivity contribution in [3.63, 3.8) is 0 Å². The molecule has 5 heteroatoms. The largest absolute Gasteiger partial charge is 0.504 e. The van der Waals surface area contributed by atoms with Gasteiger partial charge in [0, 0.05) is 0 Å². The van der Waals surface area contributed by atoms with Gasteiger partial charge in [0.15, 0.2) is 23.0 Å². The number of benzene rings is 2. The van der Waals surface area contributed by atoms with Gasteiger partial charge in [-0.3, -0.25) is 0 Å². The molecule has 2 rings (SSSR count). The Bertz CT molecular complexity index is 711. The molecule has 24 heavy (non-hydrogen) atoms. The molecular formula is C19H24O5. The summed E-state index contributed by atoms with van der Waals surface area (Å²) in [5.74, 6) is 0.791. The van der Waals surface area contributed by atoms with Crippen LogP contribution < -0.4 is 9.47 Å². The fourth-order valence-electron chi connectivity index (χ4n) is 2.76. The SMILES string of the molecule is COc1cc(CC(C)C(C)c2cc(O)c(O)c(OC)c2)ccc1O. The zero-order valence-electron chi connectivity index (χ0n) is 14.4. The lowest BCUT2D eigenvalue weighted by atomic mass is 9.84. The summed E-state index contributed by atoms with van der Waals surface area (Å²) in [6, 6.07) is 8.63. The highest BCUT2D eigenvalue weighted by atomic mass is 16.5. The maximum atomic E-state index is 9.86. The van der Waals surface area contributed by atoms with Crippen molar-refractivity contribution in [1.82, 2.24) is 0 Å². The predicted molar refractivity (Wildman–Crippen MR) is 92.3 cm³/mol. The number of aromatic hydroxyl groups is 3. The molecule has 3 N–H and O–H groups in total. The van der Waals surface area contributed by atoms with E-state index in [4.69, 9.17) is 9.47 Å². The van der Waals surface area contributed by atoms with Gasteiger partial charge in [0.1, 0.15) is 0 Å². The highest BCUT2D eigenvalue weighted by molar-refractivity contribution is 5.52. The molecule has 0 amide bonds. The number of phenolic OH excluding ortho intramolecular Hbond substituents is 3. The highest BCUT2D eigenvalue weighted by Crippen LogP contribution is 2.40. The lowest BCUT2D eigenvalue weighted by molar-refractivity contribution is 0.348. The van der Waals surface area contributed by atoms with Crippen LogP contribution >= 0.6 is 0 Å². The number of hydrogen-bond acceptors (Lipinski definition) is 5. The normalized spacial score (nSPS) is 13.3. The van der Waals surface area contributed by atoms with Crippen LogP contribution in [0.5, 0.6) is 28.7 Å². The van der Waals surface area contributed by atoms with E-state index in [1.165, 1.54) is 14.2 Å². The Morgan fingerprint density at radius 1 is 0.875 bits per heavy atom. The van der Waals surface area contributed by atoms with Crippen molar-refractivity contribution in [3.05, 3.63) is 41.5 Å². The van der Waals surface area contributed by atoms with Crippen LogP contribution in [-0.4, -0.2) is 29.5 Å². The first-order valence-corrected chi connectivity index (χ1v) is 7.83. The van der Waals surface area contributed by atoms with Gasteiger partial charge in [0.2, 0.25) is 5.75 Å². The van der Waals surface area contributed by atoms with Crippen LogP contribution in [0.2, 0.25) is 0 Å². The first-order chi connectivity index (χ1) is 11.4. The summed E-state index contributed by atoms with van der Waals surface area (Å²) in [5.41, 5.74) is 1.94. The molecule has 0 aliphatic carbocycles. The minimum atomic E-state index is -0.246. The minimum absolute atomic E-state index is 0.121. The second kappa shape index (κ2) is 7.34. The van der Waals surface area contributed by atoms with E-state index >= 15 is 0 Å². The number of hydrogen-bond donors (Lipinski definition) is 3. The lowest BCUT2D eigenvalue weighted by Gasteiger charge is -2.22. The van der Waals surface area contributed by atoms with Gasteiger partial charge < -0.3 is 24.8 Å². The van der Waals surface area contributed by atoms with E-state index in [1.807, 2.05) is 12.1 Å². The van der Waals surface area contributed by atoms with Crippen LogP contribution in [0.15, 0.2) is 30.3 Å². The molecule has 2 aromatic carbocycles. The van der Waals surface area contributed by atoms with Crippen molar-refractivity contribution in [1.29, 1.82) is 0 Å². The predicted octanol–water partition coefficient (Wildman–Crippen LogP) is 3.80. The Morgan fingerprint density at radius 3 is 2.17 bits per heavy atom. The zero-order chi connectivity index (χ0) is 17.9. The summed E-state index contributed by atoms with van der Waals surface area (Å²) in [4.78, 5) is 0. The molecule has 0 aliphatic rings. The smallest absolute Gasteiger partial charge is 0.200 e. The fraction of sp³-hybridized carbons (Fsp3) is 0.368. The molecule has 0 aliphatic heterocycles. The molecule has 0 aromatic heterocycles. The van der Waals surface area contributed by atoms with Crippen LogP contribution in [-0.2, 0) is 6.42 Å². The summed E-state index contributed by atoms with van der Waals surface area (Å²) in [7, 11) is 2.98. The Hall–Kier alpha value is -2.56. The van der Waals surface area contributed by atoms with Crippen LogP contribution in [0.3, 0.4) is 0 Å². The van der Waals surface area contributed by atoms with Crippen LogP contribution in [0.25, 0.3) is 0 Å². The Balaban J connectivity index is 2.20. The monoisotopic (exact) mass is 332 g/mol. The third-order valence-electron chi connectivity index (χ3n) is 4.48. The Morgan fingerprint density at radius 2 is 1.54 bits per heavy atom. The third-order valence-corrected chi connectivity index (χ3v) is 4.48. The van der Waals surface area contributed by atoms with Crippen molar-refractivity contribution in [2.75, 3.05) is 14.2 Å². The average Bonchev–Trinajstić information content (AvgIpc) is 2.58. The molecular weight excluding hydrogens is 308 g/mol. The van der Waals surface area contributed by atoms with E-state index in [1.54, 1.807) is 18.2 Å².